The molecule has 2 aliphatic heterocycles. The van der Waals surface area contributed by atoms with E-state index in [-0.39, 0.29) is 28.4 Å². The van der Waals surface area contributed by atoms with Crippen molar-refractivity contribution >= 4 is 75.2 Å². The zero-order chi connectivity index (χ0) is 45.3. The first kappa shape index (κ1) is 41.6. The second-order valence-electron chi connectivity index (χ2n) is 25.8. The van der Waals surface area contributed by atoms with Crippen molar-refractivity contribution in [2.45, 2.75) is 142 Å². The Balaban J connectivity index is 1.25. The number of aromatic nitrogens is 1. The van der Waals surface area contributed by atoms with Crippen molar-refractivity contribution in [2.24, 2.45) is 17.8 Å². The van der Waals surface area contributed by atoms with Gasteiger partial charge in [0.25, 0.3) is 6.71 Å². The number of rotatable bonds is 4. The molecule has 4 aliphatic carbocycles. The molecular formula is C61H69BN2Si. The minimum atomic E-state index is -1.73. The fourth-order valence-corrected chi connectivity index (χ4v) is 15.1. The molecule has 65 heavy (non-hydrogen) atoms. The van der Waals surface area contributed by atoms with Gasteiger partial charge in [-0.2, -0.15) is 0 Å². The van der Waals surface area contributed by atoms with Crippen LogP contribution in [-0.4, -0.2) is 19.4 Å². The number of hydrogen-bond acceptors (Lipinski definition) is 1. The molecule has 1 aromatic heterocycles. The lowest BCUT2D eigenvalue weighted by molar-refractivity contribution is -0.00516. The molecule has 13 rings (SSSR count). The molecule has 0 unspecified atom stereocenters. The zero-order valence-corrected chi connectivity index (χ0v) is 42.3. The van der Waals surface area contributed by atoms with Gasteiger partial charge in [0, 0.05) is 38.9 Å². The van der Waals surface area contributed by atoms with Gasteiger partial charge in [0.2, 0.25) is 0 Å². The van der Waals surface area contributed by atoms with Crippen LogP contribution >= 0.6 is 0 Å². The van der Waals surface area contributed by atoms with Crippen LogP contribution < -0.4 is 26.5 Å². The van der Waals surface area contributed by atoms with Crippen LogP contribution in [0.15, 0.2) is 109 Å². The maximum absolute atomic E-state index is 2.78. The summed E-state index contributed by atoms with van der Waals surface area (Å²) in [7, 11) is -1.73. The van der Waals surface area contributed by atoms with Crippen molar-refractivity contribution in [1.82, 2.24) is 4.57 Å². The molecule has 0 saturated heterocycles. The molecule has 7 aromatic rings. The quantitative estimate of drug-likeness (QED) is 0.160. The van der Waals surface area contributed by atoms with Crippen LogP contribution in [0.3, 0.4) is 0 Å². The van der Waals surface area contributed by atoms with Gasteiger partial charge in [0.1, 0.15) is 0 Å². The molecule has 0 atom stereocenters. The van der Waals surface area contributed by atoms with Crippen LogP contribution in [0.25, 0.3) is 38.6 Å². The van der Waals surface area contributed by atoms with Crippen molar-refractivity contribution in [2.75, 3.05) is 4.90 Å². The average Bonchev–Trinajstić information content (AvgIpc) is 3.57. The van der Waals surface area contributed by atoms with Crippen LogP contribution in [-0.2, 0) is 21.7 Å². The van der Waals surface area contributed by atoms with E-state index in [1.54, 1.807) is 5.56 Å². The van der Waals surface area contributed by atoms with Crippen molar-refractivity contribution in [1.29, 1.82) is 0 Å². The topological polar surface area (TPSA) is 8.17 Å². The summed E-state index contributed by atoms with van der Waals surface area (Å²) in [5.74, 6) is 2.58. The first-order valence-electron chi connectivity index (χ1n) is 25.1. The Morgan fingerprint density at radius 3 is 1.77 bits per heavy atom. The highest BCUT2D eigenvalue weighted by molar-refractivity contribution is 7.00. The van der Waals surface area contributed by atoms with Gasteiger partial charge in [-0.05, 0) is 171 Å². The van der Waals surface area contributed by atoms with Gasteiger partial charge in [-0.15, -0.1) is 0 Å². The number of benzene rings is 6. The Morgan fingerprint density at radius 2 is 1.14 bits per heavy atom. The van der Waals surface area contributed by atoms with E-state index < -0.39 is 8.07 Å². The predicted molar refractivity (Wildman–Crippen MR) is 284 cm³/mol. The summed E-state index contributed by atoms with van der Waals surface area (Å²) in [5.41, 5.74) is 21.2. The molecule has 4 bridgehead atoms. The SMILES string of the molecule is CC(C)(C)c1ccc(N2c3cc([Si](C)(C)C)ccc3B3c4c2cc(C25CC6CC(CC(C6)C2)C5)cc4-n2c4ccc(C(C)(C)C)cc4c4cc(C(C)(C)C)cc3c42)c(-c2ccccc2)c1. The second-order valence-corrected chi connectivity index (χ2v) is 30.9. The third-order valence-corrected chi connectivity index (χ3v) is 19.2. The van der Waals surface area contributed by atoms with Gasteiger partial charge in [-0.3, -0.25) is 0 Å². The van der Waals surface area contributed by atoms with Crippen LogP contribution in [0.1, 0.15) is 123 Å². The number of hydrogen-bond donors (Lipinski definition) is 0. The standard InChI is InChI=1S/C61H69BN2Si/c1-58(2,3)41-18-22-51(46(27-41)40-16-14-13-15-17-40)63-53-33-45(65(10,11)12)20-21-49(53)62-50-30-43(60(7,8)9)29-48-47-28-42(59(4,5)6)19-23-52(47)64(57(48)50)55-32-44(31-54(63)56(55)62)61-34-37-24-38(35-61)26-39(25-37)36-61/h13-23,27-33,37-39H,24-26,34-36H2,1-12H3. The van der Waals surface area contributed by atoms with Crippen molar-refractivity contribution in [3.63, 3.8) is 0 Å². The molecule has 6 aliphatic rings. The van der Waals surface area contributed by atoms with E-state index in [1.807, 2.05) is 0 Å². The Morgan fingerprint density at radius 1 is 0.538 bits per heavy atom. The Labute approximate surface area is 391 Å². The van der Waals surface area contributed by atoms with Gasteiger partial charge in [0.15, 0.2) is 0 Å². The molecule has 4 fully saturated rings. The average molecular weight is 869 g/mol. The fourth-order valence-electron chi connectivity index (χ4n) is 14.0. The third kappa shape index (κ3) is 6.31. The van der Waals surface area contributed by atoms with Gasteiger partial charge in [-0.25, -0.2) is 0 Å². The van der Waals surface area contributed by atoms with E-state index in [9.17, 15) is 0 Å². The maximum atomic E-state index is 2.78. The first-order chi connectivity index (χ1) is 30.7. The number of fused-ring (bicyclic) bond motifs is 7. The van der Waals surface area contributed by atoms with Gasteiger partial charge < -0.3 is 9.47 Å². The van der Waals surface area contributed by atoms with Crippen molar-refractivity contribution in [3.8, 4) is 16.8 Å². The van der Waals surface area contributed by atoms with Crippen molar-refractivity contribution < 1.29 is 0 Å². The van der Waals surface area contributed by atoms with Gasteiger partial charge in [0.05, 0.1) is 19.3 Å². The molecule has 0 amide bonds. The highest BCUT2D eigenvalue weighted by atomic mass is 28.3. The Kier molecular flexibility index (Phi) is 8.74. The maximum Gasteiger partial charge on any atom is 0.252 e. The summed E-state index contributed by atoms with van der Waals surface area (Å²) in [5, 5.41) is 4.32. The van der Waals surface area contributed by atoms with E-state index in [2.05, 4.69) is 201 Å². The molecule has 2 nitrogen and oxygen atoms in total. The second kappa shape index (κ2) is 13.7. The van der Waals surface area contributed by atoms with E-state index in [4.69, 9.17) is 0 Å². The lowest BCUT2D eigenvalue weighted by atomic mass is 9.33. The van der Waals surface area contributed by atoms with Crippen LogP contribution in [0.4, 0.5) is 17.1 Å². The molecule has 330 valence electrons. The van der Waals surface area contributed by atoms with E-state index in [0.29, 0.717) is 0 Å². The highest BCUT2D eigenvalue weighted by Gasteiger charge is 2.53. The minimum absolute atomic E-state index is 0.0116. The Hall–Kier alpha value is -4.80. The largest absolute Gasteiger partial charge is 0.311 e. The normalized spacial score (nSPS) is 22.2. The van der Waals surface area contributed by atoms with Crippen LogP contribution in [0.5, 0.6) is 0 Å². The monoisotopic (exact) mass is 869 g/mol. The predicted octanol–water partition coefficient (Wildman–Crippen LogP) is 14.0. The molecule has 0 radical (unpaired) electrons. The number of anilines is 3. The fraction of sp³-hybridized carbons (Fsp3) is 0.410. The Bertz CT molecular complexity index is 3090. The molecular weight excluding hydrogens is 800 g/mol. The molecule has 0 spiro atoms. The first-order valence-corrected chi connectivity index (χ1v) is 28.6. The van der Waals surface area contributed by atoms with E-state index >= 15 is 0 Å². The summed E-state index contributed by atoms with van der Waals surface area (Å²) in [6.45, 7) is 29.1. The van der Waals surface area contributed by atoms with Crippen LogP contribution in [0, 0.1) is 17.8 Å². The molecule has 4 saturated carbocycles. The lowest BCUT2D eigenvalue weighted by Gasteiger charge is -2.57. The number of nitrogens with zero attached hydrogens (tertiary/aromatic N) is 2. The van der Waals surface area contributed by atoms with E-state index in [1.165, 1.54) is 132 Å². The minimum Gasteiger partial charge on any atom is -0.311 e. The molecule has 0 N–H and O–H groups in total. The van der Waals surface area contributed by atoms with Gasteiger partial charge >= 0.3 is 0 Å². The van der Waals surface area contributed by atoms with E-state index in [0.717, 1.165) is 17.8 Å². The summed E-state index contributed by atoms with van der Waals surface area (Å²) < 4.78 is 2.76. The molecule has 4 heteroatoms. The summed E-state index contributed by atoms with van der Waals surface area (Å²) >= 11 is 0. The zero-order valence-electron chi connectivity index (χ0n) is 41.3. The smallest absolute Gasteiger partial charge is 0.252 e. The lowest BCUT2D eigenvalue weighted by Crippen LogP contribution is -2.61. The third-order valence-electron chi connectivity index (χ3n) is 17.1. The van der Waals surface area contributed by atoms with Gasteiger partial charge in [-0.1, -0.05) is 148 Å². The highest BCUT2D eigenvalue weighted by Crippen LogP contribution is 2.61. The van der Waals surface area contributed by atoms with Crippen molar-refractivity contribution in [3.05, 3.63) is 131 Å². The summed E-state index contributed by atoms with van der Waals surface area (Å²) in [6.07, 6.45) is 8.36. The molecule has 3 heterocycles. The summed E-state index contributed by atoms with van der Waals surface area (Å²) in [4.78, 5) is 2.78. The summed E-state index contributed by atoms with van der Waals surface area (Å²) in [6, 6.07) is 44.7. The molecule has 6 aromatic carbocycles. The van der Waals surface area contributed by atoms with Crippen LogP contribution in [0.2, 0.25) is 19.6 Å².